The van der Waals surface area contributed by atoms with Gasteiger partial charge in [-0.2, -0.15) is 0 Å². The lowest BCUT2D eigenvalue weighted by Gasteiger charge is -2.26. The number of ketones is 1. The Morgan fingerprint density at radius 2 is 1.91 bits per heavy atom. The fourth-order valence-corrected chi connectivity index (χ4v) is 10.0. The Morgan fingerprint density at radius 1 is 1.13 bits per heavy atom. The molecule has 53 heavy (non-hydrogen) atoms. The number of aromatic nitrogens is 2. The van der Waals surface area contributed by atoms with Gasteiger partial charge in [0, 0.05) is 41.9 Å². The molecule has 0 bridgehead atoms. The highest BCUT2D eigenvalue weighted by Crippen LogP contribution is 2.47. The molecule has 3 heterocycles. The number of hydrogen-bond donors (Lipinski definition) is 2. The van der Waals surface area contributed by atoms with Crippen LogP contribution >= 0.6 is 11.3 Å². The second-order valence-corrected chi connectivity index (χ2v) is 18.3. The molecule has 2 amide bonds. The second kappa shape index (κ2) is 14.7. The second-order valence-electron chi connectivity index (χ2n) is 15.4. The number of Topliss-reactive ketones (excluding diaryl/α,β-unsaturated/α-hetero) is 1. The molecule has 3 saturated carbocycles. The molecular formula is C39H49N5O7S2. The van der Waals surface area contributed by atoms with E-state index in [0.29, 0.717) is 54.9 Å². The largest absolute Gasteiger partial charge is 0.496 e. The number of allylic oxidation sites excluding steroid dienone is 1. The van der Waals surface area contributed by atoms with Crippen LogP contribution in [0.4, 0.5) is 0 Å². The Hall–Kier alpha value is -3.88. The Balaban J connectivity index is 1.19. The molecule has 284 valence electrons. The molecule has 1 aromatic carbocycles. The van der Waals surface area contributed by atoms with Crippen LogP contribution in [0.1, 0.15) is 82.4 Å². The van der Waals surface area contributed by atoms with E-state index in [1.807, 2.05) is 42.7 Å². The molecule has 0 spiro atoms. The van der Waals surface area contributed by atoms with Gasteiger partial charge in [0.25, 0.3) is 0 Å². The quantitative estimate of drug-likeness (QED) is 0.262. The molecule has 2 aromatic heterocycles. The van der Waals surface area contributed by atoms with Gasteiger partial charge in [-0.15, -0.1) is 11.3 Å². The minimum Gasteiger partial charge on any atom is -0.496 e. The highest BCUT2D eigenvalue weighted by molar-refractivity contribution is 7.90. The summed E-state index contributed by atoms with van der Waals surface area (Å²) in [7, 11) is -0.185. The summed E-state index contributed by atoms with van der Waals surface area (Å²) in [6, 6.07) is 5.69. The number of thiazole rings is 1. The number of nitrogens with zero attached hydrogens (tertiary/aromatic N) is 3. The summed E-state index contributed by atoms with van der Waals surface area (Å²) in [4.78, 5) is 53.7. The van der Waals surface area contributed by atoms with E-state index in [0.717, 1.165) is 40.9 Å². The van der Waals surface area contributed by atoms with Gasteiger partial charge in [0.05, 0.1) is 42.0 Å². The zero-order valence-electron chi connectivity index (χ0n) is 31.0. The van der Waals surface area contributed by atoms with E-state index in [-0.39, 0.29) is 42.4 Å². The van der Waals surface area contributed by atoms with Crippen LogP contribution in [0, 0.1) is 24.7 Å². The van der Waals surface area contributed by atoms with Crippen LogP contribution in [0.3, 0.4) is 0 Å². The SMILES string of the molecule is COc1ccc2c(O[C@@H]3C[C@H]4C(=O)N[C@]5(C(=O)CNS(=O)(=O)C6CC6)C[C@H]5/C=C\CCCCN(C)C(=O)[C@@H]4C3)cc(-c3nc(C(C)C)cs3)nc2c1C. The maximum absolute atomic E-state index is 14.3. The van der Waals surface area contributed by atoms with Gasteiger partial charge in [0.15, 0.2) is 5.78 Å². The average molecular weight is 764 g/mol. The highest BCUT2D eigenvalue weighted by atomic mass is 32.2. The van der Waals surface area contributed by atoms with Gasteiger partial charge in [-0.25, -0.2) is 23.1 Å². The first-order chi connectivity index (χ1) is 25.3. The Labute approximate surface area is 315 Å². The van der Waals surface area contributed by atoms with Crippen LogP contribution in [0.15, 0.2) is 35.7 Å². The molecule has 14 heteroatoms. The number of sulfonamides is 1. The lowest BCUT2D eigenvalue weighted by molar-refractivity contribution is -0.140. The van der Waals surface area contributed by atoms with Gasteiger partial charge in [0.2, 0.25) is 21.8 Å². The molecule has 7 rings (SSSR count). The summed E-state index contributed by atoms with van der Waals surface area (Å²) in [5.74, 6) is -1.01. The Kier molecular flexibility index (Phi) is 10.4. The number of amides is 2. The number of benzene rings is 1. The molecule has 3 aliphatic carbocycles. The molecule has 0 unspecified atom stereocenters. The van der Waals surface area contributed by atoms with Crippen LogP contribution in [-0.2, 0) is 24.4 Å². The lowest BCUT2D eigenvalue weighted by Crippen LogP contribution is -2.52. The van der Waals surface area contributed by atoms with Gasteiger partial charge in [0.1, 0.15) is 33.8 Å². The fourth-order valence-electron chi connectivity index (χ4n) is 7.76. The average Bonchev–Trinajstić information content (AvgIpc) is 4.01. The molecule has 0 saturated heterocycles. The van der Waals surface area contributed by atoms with E-state index in [1.165, 1.54) is 11.3 Å². The van der Waals surface area contributed by atoms with Crippen molar-refractivity contribution in [2.24, 2.45) is 17.8 Å². The summed E-state index contributed by atoms with van der Waals surface area (Å²) in [5, 5.41) is 6.18. The molecule has 2 N–H and O–H groups in total. The minimum absolute atomic E-state index is 0.126. The molecule has 0 radical (unpaired) electrons. The van der Waals surface area contributed by atoms with Crippen molar-refractivity contribution in [2.45, 2.75) is 94.9 Å². The van der Waals surface area contributed by atoms with Crippen molar-refractivity contribution in [1.82, 2.24) is 24.9 Å². The highest BCUT2D eigenvalue weighted by Gasteiger charge is 2.60. The van der Waals surface area contributed by atoms with Crippen LogP contribution in [0.2, 0.25) is 0 Å². The van der Waals surface area contributed by atoms with E-state index in [2.05, 4.69) is 23.9 Å². The molecule has 4 aliphatic rings. The van der Waals surface area contributed by atoms with Crippen LogP contribution in [-0.4, -0.2) is 85.0 Å². The number of ether oxygens (including phenoxy) is 2. The first-order valence-electron chi connectivity index (χ1n) is 18.7. The Bertz CT molecular complexity index is 2060. The summed E-state index contributed by atoms with van der Waals surface area (Å²) in [6.07, 6.45) is 8.09. The van der Waals surface area contributed by atoms with Crippen LogP contribution in [0.5, 0.6) is 11.5 Å². The minimum atomic E-state index is -3.59. The zero-order valence-corrected chi connectivity index (χ0v) is 32.6. The van der Waals surface area contributed by atoms with E-state index >= 15 is 0 Å². The predicted octanol–water partition coefficient (Wildman–Crippen LogP) is 5.30. The number of hydrogen-bond acceptors (Lipinski definition) is 10. The fraction of sp³-hybridized carbons (Fsp3) is 0.564. The van der Waals surface area contributed by atoms with Crippen molar-refractivity contribution in [3.8, 4) is 22.2 Å². The summed E-state index contributed by atoms with van der Waals surface area (Å²) < 4.78 is 40.0. The van der Waals surface area contributed by atoms with Crippen LogP contribution in [0.25, 0.3) is 21.6 Å². The van der Waals surface area contributed by atoms with Gasteiger partial charge < -0.3 is 19.7 Å². The normalized spacial score (nSPS) is 27.2. The van der Waals surface area contributed by atoms with Crippen molar-refractivity contribution < 1.29 is 32.3 Å². The number of methoxy groups -OCH3 is 1. The Morgan fingerprint density at radius 3 is 2.62 bits per heavy atom. The number of aryl methyl sites for hydroxylation is 1. The van der Waals surface area contributed by atoms with Crippen molar-refractivity contribution in [3.05, 3.63) is 47.0 Å². The first kappa shape index (κ1) is 37.4. The molecule has 3 aromatic rings. The topological polar surface area (TPSA) is 157 Å². The number of pyridine rings is 1. The van der Waals surface area contributed by atoms with E-state index in [9.17, 15) is 22.8 Å². The third kappa shape index (κ3) is 7.59. The standard InChI is InChI=1S/C39H49N5O7S2/c1-22(2)31-21-52-37(42-31)30-18-33(27-13-14-32(50-5)23(3)35(27)41-30)51-25-16-28-29(17-25)38(47)44(4)15-9-7-6-8-10-24-19-39(24,43-36(28)46)34(45)20-40-53(48,49)26-11-12-26/h8,10,13-14,18,21-22,24-26,28-29,40H,6-7,9,11-12,15-17,19-20H2,1-5H3,(H,43,46)/b10-8-/t24-,25-,28-,29-,39-/m1/s1. The maximum atomic E-state index is 14.3. The first-order valence-corrected chi connectivity index (χ1v) is 21.1. The van der Waals surface area contributed by atoms with Gasteiger partial charge in [-0.05, 0) is 76.3 Å². The molecule has 3 fully saturated rings. The van der Waals surface area contributed by atoms with Crippen molar-refractivity contribution >= 4 is 49.9 Å². The molecular weight excluding hydrogens is 715 g/mol. The summed E-state index contributed by atoms with van der Waals surface area (Å²) in [6.45, 7) is 6.33. The van der Waals surface area contributed by atoms with Crippen molar-refractivity contribution in [2.75, 3.05) is 27.2 Å². The van der Waals surface area contributed by atoms with Gasteiger partial charge in [-0.1, -0.05) is 26.0 Å². The zero-order chi connectivity index (χ0) is 37.7. The number of rotatable bonds is 10. The smallest absolute Gasteiger partial charge is 0.226 e. The number of nitrogens with one attached hydrogen (secondary N) is 2. The van der Waals surface area contributed by atoms with Gasteiger partial charge >= 0.3 is 0 Å². The van der Waals surface area contributed by atoms with Crippen LogP contribution < -0.4 is 19.5 Å². The van der Waals surface area contributed by atoms with Crippen molar-refractivity contribution in [1.29, 1.82) is 0 Å². The van der Waals surface area contributed by atoms with E-state index in [4.69, 9.17) is 19.4 Å². The molecule has 5 atom stereocenters. The lowest BCUT2D eigenvalue weighted by atomic mass is 9.92. The monoisotopic (exact) mass is 763 g/mol. The third-order valence-corrected chi connectivity index (χ3v) is 14.1. The summed E-state index contributed by atoms with van der Waals surface area (Å²) >= 11 is 1.52. The predicted molar refractivity (Wildman–Crippen MR) is 203 cm³/mol. The molecule has 1 aliphatic heterocycles. The number of carbonyl (C=O) groups excluding carboxylic acids is 3. The number of carbonyl (C=O) groups is 3. The summed E-state index contributed by atoms with van der Waals surface area (Å²) in [5.41, 5.74) is 1.99. The van der Waals surface area contributed by atoms with Crippen molar-refractivity contribution in [3.63, 3.8) is 0 Å². The molecule has 12 nitrogen and oxygen atoms in total. The number of fused-ring (bicyclic) bond motifs is 3. The van der Waals surface area contributed by atoms with Gasteiger partial charge in [-0.3, -0.25) is 14.4 Å². The third-order valence-electron chi connectivity index (χ3n) is 11.3. The van der Waals surface area contributed by atoms with E-state index < -0.39 is 38.8 Å². The van der Waals surface area contributed by atoms with E-state index in [1.54, 1.807) is 19.1 Å². The maximum Gasteiger partial charge on any atom is 0.226 e.